The minimum Gasteiger partial charge on any atom is -0.462 e. The molecule has 0 radical (unpaired) electrons. The maximum absolute atomic E-state index is 12.8. The Morgan fingerprint density at radius 2 is 0.968 bits per heavy atom. The summed E-state index contributed by atoms with van der Waals surface area (Å²) in [5, 5.41) is 30.9. The van der Waals surface area contributed by atoms with E-state index >= 15 is 0 Å². The molecule has 13 heteroatoms. The fourth-order valence-corrected chi connectivity index (χ4v) is 7.52. The van der Waals surface area contributed by atoms with Crippen molar-refractivity contribution in [2.24, 2.45) is 0 Å². The molecule has 0 amide bonds. The van der Waals surface area contributed by atoms with Crippen LogP contribution in [-0.4, -0.2) is 96.0 Å². The van der Waals surface area contributed by atoms with Crippen LogP contribution in [0.1, 0.15) is 181 Å². The quantitative estimate of drug-likeness (QED) is 0.0198. The van der Waals surface area contributed by atoms with Crippen molar-refractivity contribution >= 4 is 22.1 Å². The van der Waals surface area contributed by atoms with Crippen molar-refractivity contribution in [3.05, 3.63) is 60.8 Å². The molecule has 1 aliphatic rings. The van der Waals surface area contributed by atoms with E-state index in [-0.39, 0.29) is 19.4 Å². The van der Waals surface area contributed by atoms with Gasteiger partial charge in [-0.1, -0.05) is 145 Å². The zero-order chi connectivity index (χ0) is 45.5. The van der Waals surface area contributed by atoms with Crippen molar-refractivity contribution in [1.29, 1.82) is 0 Å². The number of aliphatic hydroxyl groups is 3. The average molecular weight is 897 g/mol. The Bertz CT molecular complexity index is 1370. The van der Waals surface area contributed by atoms with Crippen molar-refractivity contribution in [3.8, 4) is 0 Å². The SMILES string of the molecule is CCCCC/C=C/C/C=C/C/C=C/CCCCCCC(=O)O[C@H](COC(=O)CCCCCCCCC/C=C/C/C=C/CCCCC)CO[C@H]1O[C@H](CS(=O)(=O)O)[C@@H](O)C(O)C1O. The zero-order valence-electron chi connectivity index (χ0n) is 38.2. The molecule has 2 unspecified atom stereocenters. The predicted molar refractivity (Wildman–Crippen MR) is 247 cm³/mol. The number of esters is 2. The zero-order valence-corrected chi connectivity index (χ0v) is 39.0. The Morgan fingerprint density at radius 3 is 1.44 bits per heavy atom. The highest BCUT2D eigenvalue weighted by molar-refractivity contribution is 7.85. The van der Waals surface area contributed by atoms with E-state index in [1.165, 1.54) is 57.8 Å². The molecule has 1 saturated heterocycles. The molecule has 6 atom stereocenters. The minimum absolute atomic E-state index is 0.135. The van der Waals surface area contributed by atoms with Crippen LogP contribution < -0.4 is 0 Å². The highest BCUT2D eigenvalue weighted by atomic mass is 32.2. The molecule has 1 rings (SSSR count). The topological polar surface area (TPSA) is 186 Å². The molecular weight excluding hydrogens is 813 g/mol. The number of hydrogen-bond donors (Lipinski definition) is 4. The van der Waals surface area contributed by atoms with Crippen LogP contribution in [0, 0.1) is 0 Å². The third-order valence-corrected chi connectivity index (χ3v) is 11.3. The number of ether oxygens (including phenoxy) is 4. The number of rotatable bonds is 39. The number of hydrogen-bond acceptors (Lipinski definition) is 11. The number of allylic oxidation sites excluding steroid dienone is 10. The molecule has 1 fully saturated rings. The Morgan fingerprint density at radius 1 is 0.548 bits per heavy atom. The second-order valence-corrected chi connectivity index (χ2v) is 17.9. The van der Waals surface area contributed by atoms with E-state index < -0.39 is 71.2 Å². The Balaban J connectivity index is 2.45. The normalized spacial score (nSPS) is 20.4. The molecule has 0 spiro atoms. The summed E-state index contributed by atoms with van der Waals surface area (Å²) >= 11 is 0. The molecule has 1 heterocycles. The van der Waals surface area contributed by atoms with Gasteiger partial charge in [-0.25, -0.2) is 0 Å². The Hall–Kier alpha value is -2.65. The number of aliphatic hydroxyl groups excluding tert-OH is 3. The third kappa shape index (κ3) is 32.9. The summed E-state index contributed by atoms with van der Waals surface area (Å²) in [6, 6.07) is 0. The van der Waals surface area contributed by atoms with Crippen LogP contribution in [0.25, 0.3) is 0 Å². The summed E-state index contributed by atoms with van der Waals surface area (Å²) < 4.78 is 54.1. The maximum atomic E-state index is 12.8. The summed E-state index contributed by atoms with van der Waals surface area (Å²) in [5.41, 5.74) is 0. The lowest BCUT2D eigenvalue weighted by atomic mass is 10.00. The first-order valence-corrected chi connectivity index (χ1v) is 25.5. The van der Waals surface area contributed by atoms with Gasteiger partial charge in [0.15, 0.2) is 12.4 Å². The second kappa shape index (κ2) is 38.8. The van der Waals surface area contributed by atoms with Crippen LogP contribution in [0.15, 0.2) is 60.8 Å². The van der Waals surface area contributed by atoms with Gasteiger partial charge in [-0.05, 0) is 83.5 Å². The summed E-state index contributed by atoms with van der Waals surface area (Å²) in [5.74, 6) is -2.03. The van der Waals surface area contributed by atoms with Gasteiger partial charge < -0.3 is 34.3 Å². The Labute approximate surface area is 375 Å². The van der Waals surface area contributed by atoms with Crippen LogP contribution in [-0.2, 0) is 38.7 Å². The number of carbonyl (C=O) groups excluding carboxylic acids is 2. The molecule has 4 N–H and O–H groups in total. The molecule has 0 saturated carbocycles. The Kier molecular flexibility index (Phi) is 35.9. The molecule has 62 heavy (non-hydrogen) atoms. The summed E-state index contributed by atoms with van der Waals surface area (Å²) in [6.07, 6.45) is 38.2. The summed E-state index contributed by atoms with van der Waals surface area (Å²) in [6.45, 7) is 3.68. The van der Waals surface area contributed by atoms with E-state index in [4.69, 9.17) is 18.9 Å². The molecule has 1 aliphatic heterocycles. The number of unbranched alkanes of at least 4 members (excludes halogenated alkanes) is 17. The lowest BCUT2D eigenvalue weighted by Crippen LogP contribution is -2.60. The van der Waals surface area contributed by atoms with E-state index in [2.05, 4.69) is 74.6 Å². The van der Waals surface area contributed by atoms with Crippen molar-refractivity contribution in [2.75, 3.05) is 19.0 Å². The third-order valence-electron chi connectivity index (χ3n) is 10.6. The largest absolute Gasteiger partial charge is 0.462 e. The monoisotopic (exact) mass is 897 g/mol. The first kappa shape index (κ1) is 57.4. The van der Waals surface area contributed by atoms with Gasteiger partial charge in [0.05, 0.1) is 6.61 Å². The molecule has 0 aromatic heterocycles. The van der Waals surface area contributed by atoms with Crippen LogP contribution in [0.2, 0.25) is 0 Å². The highest BCUT2D eigenvalue weighted by Gasteiger charge is 2.46. The molecule has 0 aromatic rings. The van der Waals surface area contributed by atoms with Crippen LogP contribution in [0.3, 0.4) is 0 Å². The van der Waals surface area contributed by atoms with Gasteiger partial charge in [0.1, 0.15) is 36.8 Å². The first-order chi connectivity index (χ1) is 30.0. The summed E-state index contributed by atoms with van der Waals surface area (Å²) in [4.78, 5) is 25.5. The van der Waals surface area contributed by atoms with Crippen molar-refractivity contribution in [2.45, 2.75) is 218 Å². The van der Waals surface area contributed by atoms with E-state index in [0.29, 0.717) is 12.8 Å². The smallest absolute Gasteiger partial charge is 0.306 e. The van der Waals surface area contributed by atoms with Crippen molar-refractivity contribution < 1.29 is 56.8 Å². The van der Waals surface area contributed by atoms with E-state index in [0.717, 1.165) is 83.5 Å². The summed E-state index contributed by atoms with van der Waals surface area (Å²) in [7, 11) is -4.61. The highest BCUT2D eigenvalue weighted by Crippen LogP contribution is 2.24. The van der Waals surface area contributed by atoms with Gasteiger partial charge >= 0.3 is 11.9 Å². The fourth-order valence-electron chi connectivity index (χ4n) is 6.83. The van der Waals surface area contributed by atoms with Gasteiger partial charge in [0.25, 0.3) is 10.1 Å². The standard InChI is InChI=1S/C49H84O12S/c1-3-5-7-9-11-13-15-17-19-21-23-25-27-29-31-33-35-37-44(50)58-39-42(40-59-49-48(54)47(53)46(52)43(61-49)41-62(55,56)57)60-45(51)38-36-34-32-30-28-26-24-22-20-18-16-14-12-10-8-6-4-2/h11-14,17-20,24,26,42-43,46-49,52-54H,3-10,15-16,21-23,25,27-41H2,1-2H3,(H,55,56,57)/b13-11+,14-12+,19-17+,20-18+,26-24+/t42-,43-,46-,47?,48?,49+/m1/s1. The van der Waals surface area contributed by atoms with E-state index in [1.54, 1.807) is 0 Å². The van der Waals surface area contributed by atoms with Crippen LogP contribution in [0.5, 0.6) is 0 Å². The molecule has 358 valence electrons. The van der Waals surface area contributed by atoms with Crippen LogP contribution >= 0.6 is 0 Å². The maximum Gasteiger partial charge on any atom is 0.306 e. The van der Waals surface area contributed by atoms with Gasteiger partial charge in [0, 0.05) is 12.8 Å². The van der Waals surface area contributed by atoms with Gasteiger partial charge in [0.2, 0.25) is 0 Å². The predicted octanol–water partition coefficient (Wildman–Crippen LogP) is 10.1. The molecule has 12 nitrogen and oxygen atoms in total. The molecular formula is C49H84O12S. The molecule has 0 aromatic carbocycles. The average Bonchev–Trinajstić information content (AvgIpc) is 3.24. The fraction of sp³-hybridized carbons (Fsp3) is 0.755. The van der Waals surface area contributed by atoms with E-state index in [9.17, 15) is 37.9 Å². The van der Waals surface area contributed by atoms with E-state index in [1.807, 2.05) is 0 Å². The van der Waals surface area contributed by atoms with Gasteiger partial charge in [-0.3, -0.25) is 14.1 Å². The van der Waals surface area contributed by atoms with Crippen molar-refractivity contribution in [3.63, 3.8) is 0 Å². The minimum atomic E-state index is -4.61. The lowest BCUT2D eigenvalue weighted by Gasteiger charge is -2.40. The molecule has 0 bridgehead atoms. The second-order valence-electron chi connectivity index (χ2n) is 16.4. The molecule has 0 aliphatic carbocycles. The van der Waals surface area contributed by atoms with Crippen molar-refractivity contribution in [1.82, 2.24) is 0 Å². The lowest BCUT2D eigenvalue weighted by molar-refractivity contribution is -0.297. The van der Waals surface area contributed by atoms with Gasteiger partial charge in [-0.15, -0.1) is 0 Å². The van der Waals surface area contributed by atoms with Crippen LogP contribution in [0.4, 0.5) is 0 Å². The number of carbonyl (C=O) groups is 2. The first-order valence-electron chi connectivity index (χ1n) is 23.8. The van der Waals surface area contributed by atoms with Gasteiger partial charge in [-0.2, -0.15) is 8.42 Å².